The van der Waals surface area contributed by atoms with Crippen LogP contribution in [0.25, 0.3) is 0 Å². The molecule has 1 unspecified atom stereocenters. The van der Waals surface area contributed by atoms with Gasteiger partial charge in [-0.1, -0.05) is 12.0 Å². The minimum Gasteiger partial charge on any atom is -0.468 e. The summed E-state index contributed by atoms with van der Waals surface area (Å²) in [5, 5.41) is 9.37. The molecule has 1 amide bonds. The molecule has 0 radical (unpaired) electrons. The SMILES string of the molecule is C#Cc1cccc(NC(=O)CN=C(NCC)NCC(c2ccco2)N2CCCC2)c1.I. The quantitative estimate of drug-likeness (QED) is 0.210. The van der Waals surface area contributed by atoms with E-state index < -0.39 is 0 Å². The molecule has 0 bridgehead atoms. The fraction of sp³-hybridized carbons (Fsp3) is 0.391. The molecule has 0 spiro atoms. The topological polar surface area (TPSA) is 81.9 Å². The van der Waals surface area contributed by atoms with E-state index in [0.29, 0.717) is 24.7 Å². The summed E-state index contributed by atoms with van der Waals surface area (Å²) in [7, 11) is 0. The lowest BCUT2D eigenvalue weighted by Crippen LogP contribution is -2.43. The highest BCUT2D eigenvalue weighted by atomic mass is 127. The Morgan fingerprint density at radius 2 is 2.06 bits per heavy atom. The lowest BCUT2D eigenvalue weighted by atomic mass is 10.2. The van der Waals surface area contributed by atoms with E-state index in [1.54, 1.807) is 18.4 Å². The Kier molecular flexibility index (Phi) is 10.4. The Morgan fingerprint density at radius 3 is 2.74 bits per heavy atom. The van der Waals surface area contributed by atoms with Gasteiger partial charge in [-0.05, 0) is 63.2 Å². The molecular formula is C23H30IN5O2. The second-order valence-electron chi connectivity index (χ2n) is 7.12. The van der Waals surface area contributed by atoms with Crippen molar-refractivity contribution in [3.8, 4) is 12.3 Å². The summed E-state index contributed by atoms with van der Waals surface area (Å²) in [6.07, 6.45) is 9.52. The molecule has 31 heavy (non-hydrogen) atoms. The highest BCUT2D eigenvalue weighted by Crippen LogP contribution is 2.24. The summed E-state index contributed by atoms with van der Waals surface area (Å²) in [5.41, 5.74) is 1.38. The number of aliphatic imine (C=N–C) groups is 1. The van der Waals surface area contributed by atoms with Gasteiger partial charge in [-0.2, -0.15) is 0 Å². The van der Waals surface area contributed by atoms with Gasteiger partial charge < -0.3 is 20.4 Å². The molecule has 1 saturated heterocycles. The van der Waals surface area contributed by atoms with Crippen molar-refractivity contribution in [3.63, 3.8) is 0 Å². The lowest BCUT2D eigenvalue weighted by Gasteiger charge is -2.26. The number of terminal acetylenes is 1. The average Bonchev–Trinajstić information content (AvgIpc) is 3.47. The van der Waals surface area contributed by atoms with Gasteiger partial charge in [0.15, 0.2) is 5.96 Å². The molecule has 0 aliphatic carbocycles. The number of rotatable bonds is 8. The summed E-state index contributed by atoms with van der Waals surface area (Å²) >= 11 is 0. The van der Waals surface area contributed by atoms with Gasteiger partial charge in [0.25, 0.3) is 0 Å². The van der Waals surface area contributed by atoms with Gasteiger partial charge in [-0.15, -0.1) is 30.4 Å². The molecule has 0 saturated carbocycles. The van der Waals surface area contributed by atoms with Gasteiger partial charge in [0.1, 0.15) is 12.3 Å². The third-order valence-electron chi connectivity index (χ3n) is 4.95. The van der Waals surface area contributed by atoms with E-state index in [0.717, 1.165) is 24.4 Å². The monoisotopic (exact) mass is 535 g/mol. The van der Waals surface area contributed by atoms with Gasteiger partial charge in [0, 0.05) is 24.3 Å². The number of amides is 1. The molecule has 3 rings (SSSR count). The van der Waals surface area contributed by atoms with Gasteiger partial charge in [-0.3, -0.25) is 9.69 Å². The van der Waals surface area contributed by atoms with Crippen LogP contribution in [-0.4, -0.2) is 49.5 Å². The van der Waals surface area contributed by atoms with Crippen molar-refractivity contribution in [2.24, 2.45) is 4.99 Å². The number of nitrogens with zero attached hydrogens (tertiary/aromatic N) is 2. The molecule has 1 aromatic heterocycles. The molecule has 1 atom stereocenters. The zero-order valence-electron chi connectivity index (χ0n) is 17.8. The van der Waals surface area contributed by atoms with Crippen molar-refractivity contribution in [1.82, 2.24) is 15.5 Å². The Balaban J connectivity index is 0.00000341. The van der Waals surface area contributed by atoms with E-state index >= 15 is 0 Å². The number of carbonyl (C=O) groups is 1. The third-order valence-corrected chi connectivity index (χ3v) is 4.95. The maximum atomic E-state index is 12.3. The summed E-state index contributed by atoms with van der Waals surface area (Å²) in [6.45, 7) is 5.45. The van der Waals surface area contributed by atoms with Crippen LogP contribution in [-0.2, 0) is 4.79 Å². The van der Waals surface area contributed by atoms with Crippen LogP contribution in [0.1, 0.15) is 37.1 Å². The molecule has 1 aliphatic rings. The van der Waals surface area contributed by atoms with Crippen LogP contribution in [0, 0.1) is 12.3 Å². The van der Waals surface area contributed by atoms with Crippen LogP contribution >= 0.6 is 24.0 Å². The first-order valence-corrected chi connectivity index (χ1v) is 10.4. The molecular weight excluding hydrogens is 505 g/mol. The summed E-state index contributed by atoms with van der Waals surface area (Å²) in [6, 6.07) is 11.2. The van der Waals surface area contributed by atoms with Crippen LogP contribution < -0.4 is 16.0 Å². The first-order valence-electron chi connectivity index (χ1n) is 10.4. The number of hydrogen-bond acceptors (Lipinski definition) is 4. The van der Waals surface area contributed by atoms with E-state index in [2.05, 4.69) is 31.8 Å². The summed E-state index contributed by atoms with van der Waals surface area (Å²) in [4.78, 5) is 19.1. The molecule has 1 aliphatic heterocycles. The Morgan fingerprint density at radius 1 is 1.26 bits per heavy atom. The molecule has 2 aromatic rings. The number of halogens is 1. The molecule has 1 fully saturated rings. The van der Waals surface area contributed by atoms with Crippen molar-refractivity contribution in [1.29, 1.82) is 0 Å². The number of likely N-dealkylation sites (tertiary alicyclic amines) is 1. The molecule has 3 N–H and O–H groups in total. The van der Waals surface area contributed by atoms with Crippen LogP contribution in [0.2, 0.25) is 0 Å². The number of hydrogen-bond donors (Lipinski definition) is 3. The van der Waals surface area contributed by atoms with Gasteiger partial charge in [0.2, 0.25) is 5.91 Å². The first-order chi connectivity index (χ1) is 14.7. The van der Waals surface area contributed by atoms with Crippen LogP contribution in [0.15, 0.2) is 52.1 Å². The number of benzene rings is 1. The average molecular weight is 535 g/mol. The first kappa shape index (κ1) is 24.8. The summed E-state index contributed by atoms with van der Waals surface area (Å²) < 4.78 is 5.66. The Hall–Kier alpha value is -2.51. The summed E-state index contributed by atoms with van der Waals surface area (Å²) in [5.74, 6) is 3.89. The van der Waals surface area contributed by atoms with E-state index in [4.69, 9.17) is 10.8 Å². The largest absolute Gasteiger partial charge is 0.468 e. The maximum absolute atomic E-state index is 12.3. The van der Waals surface area contributed by atoms with Crippen molar-refractivity contribution in [2.75, 3.05) is 38.0 Å². The fourth-order valence-corrected chi connectivity index (χ4v) is 3.52. The normalized spacial score (nSPS) is 14.9. The van der Waals surface area contributed by atoms with Crippen LogP contribution in [0.4, 0.5) is 5.69 Å². The van der Waals surface area contributed by atoms with Gasteiger partial charge in [0.05, 0.1) is 12.3 Å². The zero-order chi connectivity index (χ0) is 21.2. The molecule has 7 nitrogen and oxygen atoms in total. The van der Waals surface area contributed by atoms with Gasteiger partial charge >= 0.3 is 0 Å². The standard InChI is InChI=1S/C23H29N5O2.HI/c1-3-18-9-7-10-19(15-18)27-22(29)17-26-23(24-4-2)25-16-20(21-11-8-14-30-21)28-12-5-6-13-28;/h1,7-11,14-15,20H,4-6,12-13,16-17H2,2H3,(H,27,29)(H2,24,25,26);1H. The highest BCUT2D eigenvalue weighted by Gasteiger charge is 2.25. The Labute approximate surface area is 201 Å². The number of guanidine groups is 1. The molecule has 1 aromatic carbocycles. The predicted molar refractivity (Wildman–Crippen MR) is 135 cm³/mol. The predicted octanol–water partition coefficient (Wildman–Crippen LogP) is 3.21. The van der Waals surface area contributed by atoms with E-state index in [-0.39, 0.29) is 42.5 Å². The van der Waals surface area contributed by atoms with E-state index in [9.17, 15) is 4.79 Å². The molecule has 2 heterocycles. The highest BCUT2D eigenvalue weighted by molar-refractivity contribution is 14.0. The number of furan rings is 1. The third kappa shape index (κ3) is 7.60. The molecule has 166 valence electrons. The lowest BCUT2D eigenvalue weighted by molar-refractivity contribution is -0.114. The van der Waals surface area contributed by atoms with E-state index in [1.165, 1.54) is 12.8 Å². The van der Waals surface area contributed by atoms with Crippen LogP contribution in [0.5, 0.6) is 0 Å². The van der Waals surface area contributed by atoms with Gasteiger partial charge in [-0.25, -0.2) is 4.99 Å². The number of nitrogens with one attached hydrogen (secondary N) is 3. The van der Waals surface area contributed by atoms with Crippen LogP contribution in [0.3, 0.4) is 0 Å². The minimum absolute atomic E-state index is 0. The molecule has 8 heteroatoms. The number of anilines is 1. The second-order valence-corrected chi connectivity index (χ2v) is 7.12. The Bertz CT molecular complexity index is 886. The van der Waals surface area contributed by atoms with E-state index in [1.807, 2.05) is 31.2 Å². The smallest absolute Gasteiger partial charge is 0.246 e. The number of carbonyl (C=O) groups excluding carboxylic acids is 1. The second kappa shape index (κ2) is 13.0. The minimum atomic E-state index is -0.205. The van der Waals surface area contributed by atoms with Crippen molar-refractivity contribution < 1.29 is 9.21 Å². The fourth-order valence-electron chi connectivity index (χ4n) is 3.52. The van der Waals surface area contributed by atoms with Crippen molar-refractivity contribution in [3.05, 3.63) is 54.0 Å². The maximum Gasteiger partial charge on any atom is 0.246 e. The van der Waals surface area contributed by atoms with Crippen molar-refractivity contribution >= 4 is 41.5 Å². The van der Waals surface area contributed by atoms with Crippen molar-refractivity contribution in [2.45, 2.75) is 25.8 Å². The zero-order valence-corrected chi connectivity index (χ0v) is 20.1.